The van der Waals surface area contributed by atoms with E-state index in [1.807, 2.05) is 20.8 Å². The van der Waals surface area contributed by atoms with Gasteiger partial charge in [-0.05, 0) is 19.4 Å². The van der Waals surface area contributed by atoms with E-state index in [0.29, 0.717) is 6.54 Å². The molecular weight excluding hydrogens is 226 g/mol. The van der Waals surface area contributed by atoms with Crippen molar-refractivity contribution >= 4 is 5.97 Å². The molecule has 0 bridgehead atoms. The third kappa shape index (κ3) is 5.32. The smallest absolute Gasteiger partial charge is 0.308 e. The normalized spacial score (nSPS) is 12.5. The number of ether oxygens (including phenoxy) is 1. The van der Waals surface area contributed by atoms with Crippen LogP contribution < -0.4 is 5.32 Å². The van der Waals surface area contributed by atoms with Crippen LogP contribution in [0.25, 0.3) is 0 Å². The largest absolute Gasteiger partial charge is 0.461 e. The van der Waals surface area contributed by atoms with E-state index >= 15 is 0 Å². The van der Waals surface area contributed by atoms with Crippen molar-refractivity contribution in [2.24, 2.45) is 5.92 Å². The Balaban J connectivity index is 2.25. The van der Waals surface area contributed by atoms with Crippen LogP contribution in [0.5, 0.6) is 0 Å². The van der Waals surface area contributed by atoms with E-state index in [2.05, 4.69) is 36.5 Å². The lowest BCUT2D eigenvalue weighted by molar-refractivity contribution is -0.151. The SMILES string of the molecule is Cc1ccc(CNCC(C)OC(=O)C(C)C)cc1. The van der Waals surface area contributed by atoms with Gasteiger partial charge in [-0.1, -0.05) is 43.7 Å². The van der Waals surface area contributed by atoms with Crippen LogP contribution in [-0.2, 0) is 16.1 Å². The fourth-order valence-electron chi connectivity index (χ4n) is 1.50. The maximum atomic E-state index is 11.4. The molecule has 0 aliphatic heterocycles. The Bertz CT molecular complexity index is 371. The predicted octanol–water partition coefficient (Wildman–Crippen LogP) is 2.67. The molecule has 1 N–H and O–H groups in total. The van der Waals surface area contributed by atoms with E-state index in [1.54, 1.807) is 0 Å². The highest BCUT2D eigenvalue weighted by Gasteiger charge is 2.12. The number of hydrogen-bond donors (Lipinski definition) is 1. The molecule has 100 valence electrons. The fraction of sp³-hybridized carbons (Fsp3) is 0.533. The maximum Gasteiger partial charge on any atom is 0.308 e. The molecule has 1 unspecified atom stereocenters. The standard InChI is InChI=1S/C15H23NO2/c1-11(2)15(17)18-13(4)9-16-10-14-7-5-12(3)6-8-14/h5-8,11,13,16H,9-10H2,1-4H3. The fourth-order valence-corrected chi connectivity index (χ4v) is 1.50. The number of carbonyl (C=O) groups is 1. The van der Waals surface area contributed by atoms with Crippen molar-refractivity contribution < 1.29 is 9.53 Å². The predicted molar refractivity (Wildman–Crippen MR) is 73.3 cm³/mol. The number of hydrogen-bond acceptors (Lipinski definition) is 3. The van der Waals surface area contributed by atoms with Crippen LogP contribution in [0.1, 0.15) is 31.9 Å². The van der Waals surface area contributed by atoms with E-state index < -0.39 is 0 Å². The van der Waals surface area contributed by atoms with Crippen molar-refractivity contribution in [2.75, 3.05) is 6.54 Å². The van der Waals surface area contributed by atoms with Gasteiger partial charge in [-0.25, -0.2) is 0 Å². The summed E-state index contributed by atoms with van der Waals surface area (Å²) < 4.78 is 5.27. The number of aryl methyl sites for hydroxylation is 1. The summed E-state index contributed by atoms with van der Waals surface area (Å²) in [6.45, 7) is 9.13. The van der Waals surface area contributed by atoms with Crippen molar-refractivity contribution in [2.45, 2.75) is 40.3 Å². The van der Waals surface area contributed by atoms with E-state index in [1.165, 1.54) is 11.1 Å². The summed E-state index contributed by atoms with van der Waals surface area (Å²) in [5.74, 6) is -0.204. The lowest BCUT2D eigenvalue weighted by atomic mass is 10.1. The van der Waals surface area contributed by atoms with Gasteiger partial charge in [0, 0.05) is 13.1 Å². The molecule has 1 aromatic carbocycles. The number of benzene rings is 1. The molecule has 0 radical (unpaired) electrons. The van der Waals surface area contributed by atoms with Gasteiger partial charge in [0.25, 0.3) is 0 Å². The average molecular weight is 249 g/mol. The van der Waals surface area contributed by atoms with Crippen molar-refractivity contribution in [3.63, 3.8) is 0 Å². The number of carbonyl (C=O) groups excluding carboxylic acids is 1. The number of rotatable bonds is 6. The Morgan fingerprint density at radius 3 is 2.39 bits per heavy atom. The van der Waals surface area contributed by atoms with Gasteiger partial charge >= 0.3 is 5.97 Å². The van der Waals surface area contributed by atoms with Gasteiger partial charge in [0.2, 0.25) is 0 Å². The monoisotopic (exact) mass is 249 g/mol. The summed E-state index contributed by atoms with van der Waals surface area (Å²) in [5, 5.41) is 3.29. The summed E-state index contributed by atoms with van der Waals surface area (Å²) in [5.41, 5.74) is 2.50. The molecule has 1 rings (SSSR count). The third-order valence-corrected chi connectivity index (χ3v) is 2.67. The zero-order valence-corrected chi connectivity index (χ0v) is 11.7. The van der Waals surface area contributed by atoms with Crippen molar-refractivity contribution in [1.29, 1.82) is 0 Å². The summed E-state index contributed by atoms with van der Waals surface area (Å²) in [6.07, 6.45) is -0.0923. The molecule has 0 saturated carbocycles. The lowest BCUT2D eigenvalue weighted by Crippen LogP contribution is -2.29. The summed E-state index contributed by atoms with van der Waals surface area (Å²) in [6, 6.07) is 8.40. The molecule has 0 spiro atoms. The molecule has 1 aromatic rings. The van der Waals surface area contributed by atoms with Gasteiger partial charge in [-0.2, -0.15) is 0 Å². The van der Waals surface area contributed by atoms with Gasteiger partial charge in [-0.3, -0.25) is 4.79 Å². The Morgan fingerprint density at radius 2 is 1.83 bits per heavy atom. The Morgan fingerprint density at radius 1 is 1.22 bits per heavy atom. The number of nitrogens with one attached hydrogen (secondary N) is 1. The first-order valence-corrected chi connectivity index (χ1v) is 6.45. The first-order chi connectivity index (χ1) is 8.49. The highest BCUT2D eigenvalue weighted by Crippen LogP contribution is 2.03. The van der Waals surface area contributed by atoms with Gasteiger partial charge in [0.1, 0.15) is 6.10 Å². The topological polar surface area (TPSA) is 38.3 Å². The highest BCUT2D eigenvalue weighted by atomic mass is 16.5. The summed E-state index contributed by atoms with van der Waals surface area (Å²) in [7, 11) is 0. The molecule has 0 fully saturated rings. The summed E-state index contributed by atoms with van der Waals surface area (Å²) in [4.78, 5) is 11.4. The van der Waals surface area contributed by atoms with E-state index in [-0.39, 0.29) is 18.0 Å². The molecule has 0 amide bonds. The van der Waals surface area contributed by atoms with Gasteiger partial charge < -0.3 is 10.1 Å². The summed E-state index contributed by atoms with van der Waals surface area (Å²) >= 11 is 0. The van der Waals surface area contributed by atoms with E-state index in [9.17, 15) is 4.79 Å². The second-order valence-corrected chi connectivity index (χ2v) is 5.02. The minimum Gasteiger partial charge on any atom is -0.461 e. The van der Waals surface area contributed by atoms with E-state index in [0.717, 1.165) is 6.54 Å². The molecule has 3 heteroatoms. The molecule has 0 aromatic heterocycles. The van der Waals surface area contributed by atoms with Crippen molar-refractivity contribution in [3.05, 3.63) is 35.4 Å². The lowest BCUT2D eigenvalue weighted by Gasteiger charge is -2.15. The first kappa shape index (κ1) is 14.7. The second kappa shape index (κ2) is 7.17. The molecule has 0 aliphatic rings. The van der Waals surface area contributed by atoms with Crippen LogP contribution >= 0.6 is 0 Å². The third-order valence-electron chi connectivity index (χ3n) is 2.67. The second-order valence-electron chi connectivity index (χ2n) is 5.02. The first-order valence-electron chi connectivity index (χ1n) is 6.45. The van der Waals surface area contributed by atoms with Crippen LogP contribution in [0.2, 0.25) is 0 Å². The highest BCUT2D eigenvalue weighted by molar-refractivity contribution is 5.71. The minimum atomic E-state index is -0.139. The quantitative estimate of drug-likeness (QED) is 0.788. The maximum absolute atomic E-state index is 11.4. The molecule has 0 aliphatic carbocycles. The molecule has 1 atom stereocenters. The van der Waals surface area contributed by atoms with Crippen LogP contribution in [0.4, 0.5) is 0 Å². The van der Waals surface area contributed by atoms with Crippen molar-refractivity contribution in [3.8, 4) is 0 Å². The number of esters is 1. The van der Waals surface area contributed by atoms with Crippen molar-refractivity contribution in [1.82, 2.24) is 5.32 Å². The van der Waals surface area contributed by atoms with E-state index in [4.69, 9.17) is 4.74 Å². The van der Waals surface area contributed by atoms with Crippen LogP contribution in [-0.4, -0.2) is 18.6 Å². The Kier molecular flexibility index (Phi) is 5.86. The molecular formula is C15H23NO2. The zero-order chi connectivity index (χ0) is 13.5. The molecule has 0 heterocycles. The minimum absolute atomic E-state index is 0.0652. The Labute approximate surface area is 110 Å². The Hall–Kier alpha value is -1.35. The average Bonchev–Trinajstić information content (AvgIpc) is 2.31. The van der Waals surface area contributed by atoms with Crippen LogP contribution in [0.15, 0.2) is 24.3 Å². The molecule has 0 saturated heterocycles. The zero-order valence-electron chi connectivity index (χ0n) is 11.7. The molecule has 3 nitrogen and oxygen atoms in total. The van der Waals surface area contributed by atoms with Gasteiger partial charge in [-0.15, -0.1) is 0 Å². The van der Waals surface area contributed by atoms with Gasteiger partial charge in [0.05, 0.1) is 5.92 Å². The van der Waals surface area contributed by atoms with Gasteiger partial charge in [0.15, 0.2) is 0 Å². The molecule has 18 heavy (non-hydrogen) atoms. The van der Waals surface area contributed by atoms with Crippen LogP contribution in [0, 0.1) is 12.8 Å². The van der Waals surface area contributed by atoms with Crippen LogP contribution in [0.3, 0.4) is 0 Å².